The molecule has 0 radical (unpaired) electrons. The van der Waals surface area contributed by atoms with Crippen molar-refractivity contribution in [3.8, 4) is 0 Å². The molecule has 0 spiro atoms. The summed E-state index contributed by atoms with van der Waals surface area (Å²) in [5.41, 5.74) is 1.84. The Morgan fingerprint density at radius 2 is 2.05 bits per heavy atom. The quantitative estimate of drug-likeness (QED) is 0.916. The average molecular weight is 338 g/mol. The number of piperazine rings is 1. The van der Waals surface area contributed by atoms with Crippen molar-refractivity contribution in [1.29, 1.82) is 0 Å². The predicted octanol–water partition coefficient (Wildman–Crippen LogP) is 2.97. The molecule has 1 aromatic heterocycles. The van der Waals surface area contributed by atoms with Crippen molar-refractivity contribution in [1.82, 2.24) is 15.2 Å². The van der Waals surface area contributed by atoms with E-state index in [1.165, 1.54) is 5.56 Å². The lowest BCUT2D eigenvalue weighted by Crippen LogP contribution is -2.48. The Morgan fingerprint density at radius 1 is 1.32 bits per heavy atom. The fourth-order valence-corrected chi connectivity index (χ4v) is 3.53. The molecule has 1 aliphatic rings. The molecule has 1 atom stereocenters. The van der Waals surface area contributed by atoms with Gasteiger partial charge in [0.1, 0.15) is 5.69 Å². The number of amides is 1. The van der Waals surface area contributed by atoms with Crippen LogP contribution in [0, 0.1) is 13.8 Å². The second-order valence-electron chi connectivity index (χ2n) is 5.31. The minimum absolute atomic E-state index is 0. The highest BCUT2D eigenvalue weighted by Gasteiger charge is 2.27. The number of rotatable bonds is 2. The van der Waals surface area contributed by atoms with E-state index in [2.05, 4.69) is 22.4 Å². The molecule has 3 rings (SSSR count). The Hall–Kier alpha value is -1.43. The topological polar surface area (TPSA) is 45.2 Å². The van der Waals surface area contributed by atoms with Gasteiger partial charge in [-0.3, -0.25) is 4.79 Å². The smallest absolute Gasteiger partial charge is 0.273 e. The maximum Gasteiger partial charge on any atom is 0.273 e. The zero-order valence-electron chi connectivity index (χ0n) is 12.7. The predicted molar refractivity (Wildman–Crippen MR) is 91.9 cm³/mol. The van der Waals surface area contributed by atoms with Gasteiger partial charge in [0, 0.05) is 30.6 Å². The van der Waals surface area contributed by atoms with Gasteiger partial charge in [-0.05, 0) is 19.4 Å². The number of hydrogen-bond donors (Lipinski definition) is 1. The van der Waals surface area contributed by atoms with E-state index in [1.54, 1.807) is 11.3 Å². The average Bonchev–Trinajstić information content (AvgIpc) is 2.86. The van der Waals surface area contributed by atoms with Crippen molar-refractivity contribution in [2.24, 2.45) is 0 Å². The minimum atomic E-state index is 0. The van der Waals surface area contributed by atoms with Crippen molar-refractivity contribution >= 4 is 29.7 Å². The van der Waals surface area contributed by atoms with Gasteiger partial charge < -0.3 is 10.2 Å². The van der Waals surface area contributed by atoms with E-state index >= 15 is 0 Å². The van der Waals surface area contributed by atoms with Crippen molar-refractivity contribution in [3.63, 3.8) is 0 Å². The van der Waals surface area contributed by atoms with Gasteiger partial charge in [0.25, 0.3) is 5.91 Å². The van der Waals surface area contributed by atoms with E-state index in [4.69, 9.17) is 0 Å². The number of halogens is 1. The highest BCUT2D eigenvalue weighted by Crippen LogP contribution is 2.22. The summed E-state index contributed by atoms with van der Waals surface area (Å²) in [6.07, 6.45) is 0. The first-order valence-corrected chi connectivity index (χ1v) is 7.98. The third kappa shape index (κ3) is 3.48. The summed E-state index contributed by atoms with van der Waals surface area (Å²) in [7, 11) is 0. The number of aromatic nitrogens is 1. The van der Waals surface area contributed by atoms with E-state index in [-0.39, 0.29) is 24.4 Å². The first kappa shape index (κ1) is 16.9. The van der Waals surface area contributed by atoms with Crippen LogP contribution < -0.4 is 5.32 Å². The van der Waals surface area contributed by atoms with E-state index in [9.17, 15) is 4.79 Å². The van der Waals surface area contributed by atoms with Crippen LogP contribution in [-0.2, 0) is 0 Å². The molecular weight excluding hydrogens is 318 g/mol. The molecule has 2 heterocycles. The van der Waals surface area contributed by atoms with Gasteiger partial charge in [0.15, 0.2) is 0 Å². The Balaban J connectivity index is 0.00000176. The maximum atomic E-state index is 12.7. The van der Waals surface area contributed by atoms with Crippen molar-refractivity contribution in [2.75, 3.05) is 19.6 Å². The number of carbonyl (C=O) groups excluding carboxylic acids is 1. The standard InChI is InChI=1S/C16H19N3OS.ClH/c1-11-15(18-12(2)21-11)16(20)19-9-8-17-14(10-19)13-6-4-3-5-7-13;/h3-7,14,17H,8-10H2,1-2H3;1H. The first-order valence-electron chi connectivity index (χ1n) is 7.17. The van der Waals surface area contributed by atoms with Gasteiger partial charge >= 0.3 is 0 Å². The molecule has 0 saturated carbocycles. The maximum absolute atomic E-state index is 12.7. The summed E-state index contributed by atoms with van der Waals surface area (Å²) < 4.78 is 0. The highest BCUT2D eigenvalue weighted by atomic mass is 35.5. The Bertz CT molecular complexity index is 644. The summed E-state index contributed by atoms with van der Waals surface area (Å²) in [6.45, 7) is 6.15. The zero-order chi connectivity index (χ0) is 14.8. The van der Waals surface area contributed by atoms with Crippen LogP contribution in [0.2, 0.25) is 0 Å². The molecule has 0 bridgehead atoms. The molecule has 2 aromatic rings. The number of aryl methyl sites for hydroxylation is 2. The molecule has 1 unspecified atom stereocenters. The van der Waals surface area contributed by atoms with Gasteiger partial charge in [-0.25, -0.2) is 4.98 Å². The van der Waals surface area contributed by atoms with Crippen LogP contribution in [-0.4, -0.2) is 35.4 Å². The van der Waals surface area contributed by atoms with Gasteiger partial charge in [0.05, 0.1) is 5.01 Å². The molecule has 1 amide bonds. The first-order chi connectivity index (χ1) is 10.1. The van der Waals surface area contributed by atoms with Crippen LogP contribution in [0.15, 0.2) is 30.3 Å². The second-order valence-corrected chi connectivity index (χ2v) is 6.71. The summed E-state index contributed by atoms with van der Waals surface area (Å²) in [5, 5.41) is 4.43. The lowest BCUT2D eigenvalue weighted by Gasteiger charge is -2.33. The fourth-order valence-electron chi connectivity index (χ4n) is 2.72. The van der Waals surface area contributed by atoms with Crippen molar-refractivity contribution < 1.29 is 4.79 Å². The lowest BCUT2D eigenvalue weighted by atomic mass is 10.0. The molecule has 1 fully saturated rings. The molecule has 22 heavy (non-hydrogen) atoms. The Morgan fingerprint density at radius 3 is 2.68 bits per heavy atom. The number of nitrogens with zero attached hydrogens (tertiary/aromatic N) is 2. The molecule has 4 nitrogen and oxygen atoms in total. The van der Waals surface area contributed by atoms with Gasteiger partial charge in [0.2, 0.25) is 0 Å². The van der Waals surface area contributed by atoms with Crippen LogP contribution in [0.25, 0.3) is 0 Å². The third-order valence-corrected chi connectivity index (χ3v) is 4.66. The molecule has 1 saturated heterocycles. The molecule has 1 aromatic carbocycles. The molecule has 6 heteroatoms. The normalized spacial score (nSPS) is 17.9. The molecule has 1 aliphatic heterocycles. The number of carbonyl (C=O) groups is 1. The van der Waals surface area contributed by atoms with E-state index in [0.717, 1.165) is 23.0 Å². The minimum Gasteiger partial charge on any atom is -0.334 e. The largest absolute Gasteiger partial charge is 0.334 e. The molecule has 0 aliphatic carbocycles. The van der Waals surface area contributed by atoms with E-state index in [1.807, 2.05) is 36.9 Å². The van der Waals surface area contributed by atoms with Crippen LogP contribution in [0.5, 0.6) is 0 Å². The fraction of sp³-hybridized carbons (Fsp3) is 0.375. The summed E-state index contributed by atoms with van der Waals surface area (Å²) in [4.78, 5) is 20.0. The Kier molecular flexibility index (Phi) is 5.56. The van der Waals surface area contributed by atoms with Crippen LogP contribution in [0.4, 0.5) is 0 Å². The van der Waals surface area contributed by atoms with Crippen LogP contribution in [0.1, 0.15) is 32.0 Å². The SMILES string of the molecule is Cc1nc(C(=O)N2CCNC(c3ccccc3)C2)c(C)s1.Cl. The summed E-state index contributed by atoms with van der Waals surface area (Å²) in [5.74, 6) is 0.0549. The Labute approximate surface area is 141 Å². The van der Waals surface area contributed by atoms with Crippen LogP contribution in [0.3, 0.4) is 0 Å². The third-order valence-electron chi connectivity index (χ3n) is 3.77. The number of thiazole rings is 1. The van der Waals surface area contributed by atoms with Crippen molar-refractivity contribution in [3.05, 3.63) is 51.5 Å². The lowest BCUT2D eigenvalue weighted by molar-refractivity contribution is 0.0697. The second kappa shape index (κ2) is 7.22. The molecule has 118 valence electrons. The summed E-state index contributed by atoms with van der Waals surface area (Å²) >= 11 is 1.58. The monoisotopic (exact) mass is 337 g/mol. The number of nitrogens with one attached hydrogen (secondary N) is 1. The van der Waals surface area contributed by atoms with Gasteiger partial charge in [-0.15, -0.1) is 23.7 Å². The molecule has 1 N–H and O–H groups in total. The van der Waals surface area contributed by atoms with Gasteiger partial charge in [-0.2, -0.15) is 0 Å². The van der Waals surface area contributed by atoms with E-state index < -0.39 is 0 Å². The van der Waals surface area contributed by atoms with Gasteiger partial charge in [-0.1, -0.05) is 30.3 Å². The zero-order valence-corrected chi connectivity index (χ0v) is 14.3. The van der Waals surface area contributed by atoms with E-state index in [0.29, 0.717) is 12.2 Å². The van der Waals surface area contributed by atoms with Crippen LogP contribution >= 0.6 is 23.7 Å². The number of benzene rings is 1. The van der Waals surface area contributed by atoms with Crippen molar-refractivity contribution in [2.45, 2.75) is 19.9 Å². The highest BCUT2D eigenvalue weighted by molar-refractivity contribution is 7.11. The summed E-state index contributed by atoms with van der Waals surface area (Å²) in [6, 6.07) is 10.5. The molecular formula is C16H20ClN3OS. The number of hydrogen-bond acceptors (Lipinski definition) is 4.